The lowest BCUT2D eigenvalue weighted by atomic mass is 10.1. The van der Waals surface area contributed by atoms with Crippen LogP contribution in [0, 0.1) is 0 Å². The maximum absolute atomic E-state index is 12.6. The first kappa shape index (κ1) is 17.4. The zero-order valence-corrected chi connectivity index (χ0v) is 15.6. The summed E-state index contributed by atoms with van der Waals surface area (Å²) in [6, 6.07) is 13.9. The first-order valence-electron chi connectivity index (χ1n) is 7.91. The van der Waals surface area contributed by atoms with Crippen molar-refractivity contribution in [3.8, 4) is 11.4 Å². The third-order valence-corrected chi connectivity index (χ3v) is 5.12. The van der Waals surface area contributed by atoms with E-state index in [1.807, 2.05) is 12.1 Å². The summed E-state index contributed by atoms with van der Waals surface area (Å²) >= 11 is 7.15. The number of hydrogen-bond acceptors (Lipinski definition) is 6. The van der Waals surface area contributed by atoms with E-state index in [1.165, 1.54) is 23.0 Å². The van der Waals surface area contributed by atoms with Gasteiger partial charge in [0.05, 0.1) is 17.2 Å². The molecule has 0 aliphatic carbocycles. The number of benzene rings is 2. The van der Waals surface area contributed by atoms with Gasteiger partial charge in [-0.05, 0) is 48.0 Å². The smallest absolute Gasteiger partial charge is 0.337 e. The normalized spacial score (nSPS) is 11.9. The second-order valence-electron chi connectivity index (χ2n) is 5.67. The quantitative estimate of drug-likeness (QED) is 0.497. The molecule has 0 N–H and O–H groups in total. The molecular weight excluding hydrogens is 386 g/mol. The van der Waals surface area contributed by atoms with Crippen molar-refractivity contribution < 1.29 is 9.53 Å². The van der Waals surface area contributed by atoms with Crippen LogP contribution >= 0.6 is 22.9 Å². The van der Waals surface area contributed by atoms with Crippen molar-refractivity contribution in [3.05, 3.63) is 79.6 Å². The number of halogens is 1. The standard InChI is InChI=1S/C19H12ClN3O3S/c1-26-18(25)13-4-2-11(3-5-13)10-15-17(24)23-19(27-15)21-16(22-23)12-6-8-14(20)9-7-12/h2-10H,1H3/b15-10+. The molecule has 2 heterocycles. The number of thiazole rings is 1. The summed E-state index contributed by atoms with van der Waals surface area (Å²) < 4.78 is 6.48. The highest BCUT2D eigenvalue weighted by atomic mass is 35.5. The second-order valence-corrected chi connectivity index (χ2v) is 7.11. The Balaban J connectivity index is 1.71. The third kappa shape index (κ3) is 3.34. The van der Waals surface area contributed by atoms with Crippen LogP contribution in [-0.2, 0) is 4.74 Å². The monoisotopic (exact) mass is 397 g/mol. The van der Waals surface area contributed by atoms with Gasteiger partial charge in [0.1, 0.15) is 0 Å². The molecule has 8 heteroatoms. The van der Waals surface area contributed by atoms with Gasteiger partial charge in [-0.2, -0.15) is 9.50 Å². The van der Waals surface area contributed by atoms with Crippen LogP contribution in [-0.4, -0.2) is 27.7 Å². The van der Waals surface area contributed by atoms with Crippen molar-refractivity contribution in [2.24, 2.45) is 0 Å². The topological polar surface area (TPSA) is 73.6 Å². The van der Waals surface area contributed by atoms with Gasteiger partial charge in [0.25, 0.3) is 5.56 Å². The Bertz CT molecular complexity index is 1240. The molecule has 27 heavy (non-hydrogen) atoms. The van der Waals surface area contributed by atoms with Crippen molar-refractivity contribution in [1.82, 2.24) is 14.6 Å². The number of hydrogen-bond donors (Lipinski definition) is 0. The molecule has 2 aromatic heterocycles. The number of nitrogens with zero attached hydrogens (tertiary/aromatic N) is 3. The third-order valence-electron chi connectivity index (χ3n) is 3.91. The SMILES string of the molecule is COC(=O)c1ccc(/C=c2/sc3nc(-c4ccc(Cl)cc4)nn3c2=O)cc1. The molecule has 0 fully saturated rings. The van der Waals surface area contributed by atoms with Crippen molar-refractivity contribution in [3.63, 3.8) is 0 Å². The largest absolute Gasteiger partial charge is 0.465 e. The molecule has 0 saturated carbocycles. The first-order chi connectivity index (χ1) is 13.0. The van der Waals surface area contributed by atoms with Crippen molar-refractivity contribution >= 4 is 39.9 Å². The summed E-state index contributed by atoms with van der Waals surface area (Å²) in [6.45, 7) is 0. The number of ether oxygens (including phenoxy) is 1. The van der Waals surface area contributed by atoms with Gasteiger partial charge in [0.15, 0.2) is 5.82 Å². The minimum atomic E-state index is -0.403. The number of fused-ring (bicyclic) bond motifs is 1. The molecule has 4 rings (SSSR count). The fourth-order valence-corrected chi connectivity index (χ4v) is 3.57. The van der Waals surface area contributed by atoms with Gasteiger partial charge < -0.3 is 4.74 Å². The van der Waals surface area contributed by atoms with Crippen LogP contribution in [0.4, 0.5) is 0 Å². The average Bonchev–Trinajstić information content (AvgIpc) is 3.22. The highest BCUT2D eigenvalue weighted by molar-refractivity contribution is 7.15. The van der Waals surface area contributed by atoms with Crippen LogP contribution in [0.1, 0.15) is 15.9 Å². The predicted octanol–water partition coefficient (Wildman–Crippen LogP) is 2.81. The molecule has 0 atom stereocenters. The molecule has 0 unspecified atom stereocenters. The Kier molecular flexibility index (Phi) is 4.47. The van der Waals surface area contributed by atoms with E-state index in [-0.39, 0.29) is 5.56 Å². The molecule has 2 aromatic carbocycles. The van der Waals surface area contributed by atoms with Crippen LogP contribution in [0.3, 0.4) is 0 Å². The average molecular weight is 398 g/mol. The molecule has 6 nitrogen and oxygen atoms in total. The molecule has 0 spiro atoms. The van der Waals surface area contributed by atoms with E-state index >= 15 is 0 Å². The van der Waals surface area contributed by atoms with E-state index < -0.39 is 5.97 Å². The van der Waals surface area contributed by atoms with Crippen LogP contribution < -0.4 is 10.1 Å². The van der Waals surface area contributed by atoms with E-state index in [4.69, 9.17) is 11.6 Å². The van der Waals surface area contributed by atoms with Crippen molar-refractivity contribution in [2.45, 2.75) is 0 Å². The number of aromatic nitrogens is 3. The van der Waals surface area contributed by atoms with Gasteiger partial charge in [-0.25, -0.2) is 4.79 Å². The summed E-state index contributed by atoms with van der Waals surface area (Å²) in [5, 5.41) is 4.93. The fraction of sp³-hybridized carbons (Fsp3) is 0.0526. The zero-order valence-electron chi connectivity index (χ0n) is 14.0. The Morgan fingerprint density at radius 3 is 2.48 bits per heavy atom. The van der Waals surface area contributed by atoms with E-state index in [0.717, 1.165) is 11.1 Å². The highest BCUT2D eigenvalue weighted by Crippen LogP contribution is 2.19. The maximum atomic E-state index is 12.6. The number of methoxy groups -OCH3 is 1. The van der Waals surface area contributed by atoms with E-state index in [2.05, 4.69) is 14.8 Å². The lowest BCUT2D eigenvalue weighted by molar-refractivity contribution is 0.0600. The van der Waals surface area contributed by atoms with Gasteiger partial charge in [0.2, 0.25) is 4.96 Å². The molecule has 0 aliphatic heterocycles. The second kappa shape index (κ2) is 6.94. The van der Waals surface area contributed by atoms with Gasteiger partial charge in [-0.15, -0.1) is 5.10 Å². The number of carbonyl (C=O) groups is 1. The highest BCUT2D eigenvalue weighted by Gasteiger charge is 2.12. The summed E-state index contributed by atoms with van der Waals surface area (Å²) in [6.07, 6.45) is 1.74. The van der Waals surface area contributed by atoms with Gasteiger partial charge >= 0.3 is 5.97 Å². The lowest BCUT2D eigenvalue weighted by Crippen LogP contribution is -2.23. The predicted molar refractivity (Wildman–Crippen MR) is 104 cm³/mol. The van der Waals surface area contributed by atoms with Crippen LogP contribution in [0.15, 0.2) is 53.3 Å². The van der Waals surface area contributed by atoms with Crippen molar-refractivity contribution in [2.75, 3.05) is 7.11 Å². The van der Waals surface area contributed by atoms with Crippen molar-refractivity contribution in [1.29, 1.82) is 0 Å². The van der Waals surface area contributed by atoms with Gasteiger partial charge in [-0.1, -0.05) is 35.1 Å². The minimum absolute atomic E-state index is 0.236. The Morgan fingerprint density at radius 2 is 1.85 bits per heavy atom. The molecule has 0 amide bonds. The summed E-state index contributed by atoms with van der Waals surface area (Å²) in [5.41, 5.74) is 1.80. The molecule has 0 bridgehead atoms. The lowest BCUT2D eigenvalue weighted by Gasteiger charge is -1.98. The summed E-state index contributed by atoms with van der Waals surface area (Å²) in [7, 11) is 1.33. The number of rotatable bonds is 3. The zero-order chi connectivity index (χ0) is 19.0. The molecule has 134 valence electrons. The Morgan fingerprint density at radius 1 is 1.15 bits per heavy atom. The van der Waals surface area contributed by atoms with Crippen LogP contribution in [0.25, 0.3) is 22.4 Å². The number of carbonyl (C=O) groups excluding carboxylic acids is 1. The fourth-order valence-electron chi connectivity index (χ4n) is 2.54. The molecule has 0 aliphatic rings. The van der Waals surface area contributed by atoms with E-state index in [0.29, 0.717) is 25.9 Å². The molecule has 4 aromatic rings. The van der Waals surface area contributed by atoms with Gasteiger partial charge in [0, 0.05) is 10.6 Å². The molecular formula is C19H12ClN3O3S. The Hall–Kier alpha value is -3.03. The van der Waals surface area contributed by atoms with Crippen LogP contribution in [0.2, 0.25) is 5.02 Å². The number of esters is 1. The van der Waals surface area contributed by atoms with E-state index in [1.54, 1.807) is 42.5 Å². The molecule has 0 saturated heterocycles. The van der Waals surface area contributed by atoms with E-state index in [9.17, 15) is 9.59 Å². The maximum Gasteiger partial charge on any atom is 0.337 e. The summed E-state index contributed by atoms with van der Waals surface area (Å²) in [5.74, 6) is 0.0728. The summed E-state index contributed by atoms with van der Waals surface area (Å²) in [4.78, 5) is 29.0. The molecule has 0 radical (unpaired) electrons. The Labute approximate surface area is 162 Å². The van der Waals surface area contributed by atoms with Gasteiger partial charge in [-0.3, -0.25) is 4.79 Å². The minimum Gasteiger partial charge on any atom is -0.465 e. The van der Waals surface area contributed by atoms with Crippen LogP contribution in [0.5, 0.6) is 0 Å². The first-order valence-corrected chi connectivity index (χ1v) is 9.10.